The van der Waals surface area contributed by atoms with Crippen molar-refractivity contribution in [3.8, 4) is 11.5 Å². The highest BCUT2D eigenvalue weighted by atomic mass is 16.5. The molecule has 28 heavy (non-hydrogen) atoms. The van der Waals surface area contributed by atoms with Crippen LogP contribution in [0.25, 0.3) is 6.08 Å². The fourth-order valence-electron chi connectivity index (χ4n) is 2.58. The average Bonchev–Trinajstić information content (AvgIpc) is 3.02. The maximum atomic E-state index is 11.9. The molecule has 0 atom stereocenters. The van der Waals surface area contributed by atoms with E-state index in [0.717, 1.165) is 35.4 Å². The summed E-state index contributed by atoms with van der Waals surface area (Å²) >= 11 is 0. The van der Waals surface area contributed by atoms with Crippen LogP contribution in [-0.2, 0) is 16.1 Å². The molecule has 7 heteroatoms. The van der Waals surface area contributed by atoms with E-state index >= 15 is 0 Å². The molecule has 2 aromatic rings. The summed E-state index contributed by atoms with van der Waals surface area (Å²) in [7, 11) is 3.25. The Labute approximate surface area is 165 Å². The van der Waals surface area contributed by atoms with Crippen LogP contribution in [0, 0.1) is 13.8 Å². The lowest BCUT2D eigenvalue weighted by atomic mass is 10.2. The number of unbranched alkanes of at least 4 members (excludes halogenated alkanes) is 1. The van der Waals surface area contributed by atoms with Gasteiger partial charge in [0.05, 0.1) is 18.4 Å². The molecule has 1 aromatic heterocycles. The first-order chi connectivity index (χ1) is 13.5. The van der Waals surface area contributed by atoms with Crippen molar-refractivity contribution in [2.45, 2.75) is 33.3 Å². The van der Waals surface area contributed by atoms with E-state index in [-0.39, 0.29) is 5.91 Å². The predicted molar refractivity (Wildman–Crippen MR) is 106 cm³/mol. The van der Waals surface area contributed by atoms with Gasteiger partial charge in [0.25, 0.3) is 0 Å². The largest absolute Gasteiger partial charge is 0.493 e. The molecule has 0 saturated heterocycles. The van der Waals surface area contributed by atoms with E-state index in [1.165, 1.54) is 6.08 Å². The van der Waals surface area contributed by atoms with Gasteiger partial charge in [0, 0.05) is 26.3 Å². The summed E-state index contributed by atoms with van der Waals surface area (Å²) in [6.07, 6.45) is 5.06. The molecule has 2 rings (SSSR count). The third-order valence-corrected chi connectivity index (χ3v) is 4.24. The van der Waals surface area contributed by atoms with Gasteiger partial charge in [-0.25, -0.2) is 0 Å². The van der Waals surface area contributed by atoms with E-state index in [4.69, 9.17) is 18.7 Å². The van der Waals surface area contributed by atoms with Crippen molar-refractivity contribution in [3.05, 3.63) is 46.9 Å². The van der Waals surface area contributed by atoms with Gasteiger partial charge in [-0.05, 0) is 50.5 Å². The molecule has 0 aliphatic carbocycles. The second kappa shape index (κ2) is 11.1. The number of nitrogens with one attached hydrogen (secondary N) is 1. The second-order valence-electron chi connectivity index (χ2n) is 6.33. The molecule has 1 amide bonds. The number of aryl methyl sites for hydroxylation is 2. The normalized spacial score (nSPS) is 11.0. The summed E-state index contributed by atoms with van der Waals surface area (Å²) in [6, 6.07) is 5.51. The van der Waals surface area contributed by atoms with E-state index in [2.05, 4.69) is 10.5 Å². The number of hydrogen-bond acceptors (Lipinski definition) is 6. The van der Waals surface area contributed by atoms with Gasteiger partial charge in [0.2, 0.25) is 5.91 Å². The first-order valence-electron chi connectivity index (χ1n) is 9.22. The molecule has 0 aliphatic heterocycles. The Hall–Kier alpha value is -2.80. The standard InChI is InChI=1S/C21H28N2O5/c1-15-18(16(2)28-23-15)14-27-19-9-7-17(13-20(19)26-4)8-10-21(24)22-11-5-6-12-25-3/h7-10,13H,5-6,11-12,14H2,1-4H3,(H,22,24)/b10-8+. The summed E-state index contributed by atoms with van der Waals surface area (Å²) in [6.45, 7) is 5.41. The minimum atomic E-state index is -0.130. The lowest BCUT2D eigenvalue weighted by Crippen LogP contribution is -2.22. The number of amides is 1. The molecule has 1 N–H and O–H groups in total. The van der Waals surface area contributed by atoms with Crippen molar-refractivity contribution in [2.24, 2.45) is 0 Å². The molecule has 0 bridgehead atoms. The van der Waals surface area contributed by atoms with Gasteiger partial charge in [-0.15, -0.1) is 0 Å². The van der Waals surface area contributed by atoms with Gasteiger partial charge in [0.1, 0.15) is 12.4 Å². The highest BCUT2D eigenvalue weighted by Gasteiger charge is 2.11. The zero-order chi connectivity index (χ0) is 20.4. The minimum absolute atomic E-state index is 0.130. The van der Waals surface area contributed by atoms with Gasteiger partial charge >= 0.3 is 0 Å². The number of nitrogens with zero attached hydrogens (tertiary/aromatic N) is 1. The van der Waals surface area contributed by atoms with Crippen molar-refractivity contribution in [3.63, 3.8) is 0 Å². The first kappa shape index (κ1) is 21.5. The Kier molecular flexibility index (Phi) is 8.55. The number of aromatic nitrogens is 1. The minimum Gasteiger partial charge on any atom is -0.493 e. The third kappa shape index (κ3) is 6.42. The van der Waals surface area contributed by atoms with Gasteiger partial charge in [-0.3, -0.25) is 4.79 Å². The fraction of sp³-hybridized carbons (Fsp3) is 0.429. The maximum absolute atomic E-state index is 11.9. The molecule has 0 spiro atoms. The lowest BCUT2D eigenvalue weighted by Gasteiger charge is -2.11. The summed E-state index contributed by atoms with van der Waals surface area (Å²) in [5.41, 5.74) is 2.58. The van der Waals surface area contributed by atoms with Crippen LogP contribution in [0.15, 0.2) is 28.8 Å². The monoisotopic (exact) mass is 388 g/mol. The van der Waals surface area contributed by atoms with Gasteiger partial charge in [-0.2, -0.15) is 0 Å². The number of carbonyl (C=O) groups excluding carboxylic acids is 1. The Morgan fingerprint density at radius 2 is 2.04 bits per heavy atom. The first-order valence-corrected chi connectivity index (χ1v) is 9.22. The fourth-order valence-corrected chi connectivity index (χ4v) is 2.58. The quantitative estimate of drug-likeness (QED) is 0.469. The molecule has 1 heterocycles. The Bertz CT molecular complexity index is 779. The summed E-state index contributed by atoms with van der Waals surface area (Å²) in [5, 5.41) is 6.77. The molecule has 7 nitrogen and oxygen atoms in total. The summed E-state index contributed by atoms with van der Waals surface area (Å²) in [4.78, 5) is 11.9. The van der Waals surface area contributed by atoms with E-state index < -0.39 is 0 Å². The number of methoxy groups -OCH3 is 2. The zero-order valence-corrected chi connectivity index (χ0v) is 16.9. The molecule has 0 aliphatic rings. The lowest BCUT2D eigenvalue weighted by molar-refractivity contribution is -0.116. The van der Waals surface area contributed by atoms with Crippen molar-refractivity contribution < 1.29 is 23.5 Å². The molecule has 0 unspecified atom stereocenters. The van der Waals surface area contributed by atoms with E-state index in [1.807, 2.05) is 32.0 Å². The Balaban J connectivity index is 1.92. The Morgan fingerprint density at radius 3 is 2.71 bits per heavy atom. The number of hydrogen-bond donors (Lipinski definition) is 1. The van der Waals surface area contributed by atoms with E-state index in [0.29, 0.717) is 31.3 Å². The molecule has 0 saturated carbocycles. The predicted octanol–water partition coefficient (Wildman–Crippen LogP) is 3.44. The van der Waals surface area contributed by atoms with Crippen molar-refractivity contribution in [1.82, 2.24) is 10.5 Å². The van der Waals surface area contributed by atoms with E-state index in [9.17, 15) is 4.79 Å². The summed E-state index contributed by atoms with van der Waals surface area (Å²) < 4.78 is 21.4. The number of benzene rings is 1. The van der Waals surface area contributed by atoms with Crippen molar-refractivity contribution in [2.75, 3.05) is 27.4 Å². The molecule has 0 radical (unpaired) electrons. The SMILES string of the molecule is COCCCCNC(=O)/C=C/c1ccc(OCc2c(C)noc2C)c(OC)c1. The van der Waals surface area contributed by atoms with Crippen LogP contribution >= 0.6 is 0 Å². The Morgan fingerprint density at radius 1 is 1.21 bits per heavy atom. The number of ether oxygens (including phenoxy) is 3. The summed E-state index contributed by atoms with van der Waals surface area (Å²) in [5.74, 6) is 1.82. The van der Waals surface area contributed by atoms with E-state index in [1.54, 1.807) is 20.3 Å². The van der Waals surface area contributed by atoms with Crippen LogP contribution in [0.1, 0.15) is 35.4 Å². The smallest absolute Gasteiger partial charge is 0.243 e. The second-order valence-corrected chi connectivity index (χ2v) is 6.33. The van der Waals surface area contributed by atoms with Crippen LogP contribution in [0.2, 0.25) is 0 Å². The highest BCUT2D eigenvalue weighted by molar-refractivity contribution is 5.91. The van der Waals surface area contributed by atoms with Crippen LogP contribution in [0.5, 0.6) is 11.5 Å². The molecular formula is C21H28N2O5. The van der Waals surface area contributed by atoms with Crippen molar-refractivity contribution >= 4 is 12.0 Å². The number of carbonyl (C=O) groups is 1. The maximum Gasteiger partial charge on any atom is 0.243 e. The topological polar surface area (TPSA) is 82.8 Å². The van der Waals surface area contributed by atoms with Gasteiger partial charge in [-0.1, -0.05) is 11.2 Å². The third-order valence-electron chi connectivity index (χ3n) is 4.24. The van der Waals surface area contributed by atoms with Crippen LogP contribution < -0.4 is 14.8 Å². The molecule has 1 aromatic carbocycles. The average molecular weight is 388 g/mol. The molecule has 0 fully saturated rings. The van der Waals surface area contributed by atoms with Crippen LogP contribution in [-0.4, -0.2) is 38.4 Å². The zero-order valence-electron chi connectivity index (χ0n) is 16.9. The number of rotatable bonds is 11. The molecular weight excluding hydrogens is 360 g/mol. The van der Waals surface area contributed by atoms with Gasteiger partial charge in [0.15, 0.2) is 11.5 Å². The van der Waals surface area contributed by atoms with Crippen LogP contribution in [0.3, 0.4) is 0 Å². The molecule has 152 valence electrons. The van der Waals surface area contributed by atoms with Crippen LogP contribution in [0.4, 0.5) is 0 Å². The highest BCUT2D eigenvalue weighted by Crippen LogP contribution is 2.30. The van der Waals surface area contributed by atoms with Gasteiger partial charge < -0.3 is 24.1 Å². The van der Waals surface area contributed by atoms with Crippen molar-refractivity contribution in [1.29, 1.82) is 0 Å².